The second-order valence-electron chi connectivity index (χ2n) is 1.53. The third kappa shape index (κ3) is 0.561. The highest BCUT2D eigenvalue weighted by Gasteiger charge is 1.91. The van der Waals surface area contributed by atoms with Gasteiger partial charge in [-0.15, -0.1) is 0 Å². The fraction of sp³-hybridized carbons (Fsp3) is 0. The highest BCUT2D eigenvalue weighted by molar-refractivity contribution is 5.67. The minimum Gasteiger partial charge on any atom is -0.342 e. The first kappa shape index (κ1) is 2.91. The van der Waals surface area contributed by atoms with Crippen molar-refractivity contribution < 1.29 is 2.74 Å². The molecule has 0 aromatic carbocycles. The summed E-state index contributed by atoms with van der Waals surface area (Å²) < 4.78 is 14.4. The van der Waals surface area contributed by atoms with Gasteiger partial charge in [0.25, 0.3) is 0 Å². The first-order valence-electron chi connectivity index (χ1n) is 3.41. The van der Waals surface area contributed by atoms with Crippen LogP contribution in [-0.2, 0) is 0 Å². The molecule has 0 aliphatic heterocycles. The van der Waals surface area contributed by atoms with Crippen LogP contribution in [0.1, 0.15) is 2.74 Å². The molecule has 2 heterocycles. The van der Waals surface area contributed by atoms with E-state index in [0.717, 1.165) is 0 Å². The van der Waals surface area contributed by atoms with Gasteiger partial charge in [-0.2, -0.15) is 0 Å². The van der Waals surface area contributed by atoms with Crippen molar-refractivity contribution in [3.63, 3.8) is 0 Å². The highest BCUT2D eigenvalue weighted by atomic mass is 15.0. The zero-order valence-corrected chi connectivity index (χ0v) is 4.42. The van der Waals surface area contributed by atoms with Gasteiger partial charge in [-0.3, -0.25) is 0 Å². The van der Waals surface area contributed by atoms with Crippen molar-refractivity contribution in [2.45, 2.75) is 0 Å². The lowest BCUT2D eigenvalue weighted by molar-refractivity contribution is 1.20. The number of nitrogens with zero attached hydrogens (tertiary/aromatic N) is 3. The monoisotopic (exact) mass is 122 g/mol. The minimum atomic E-state index is 0.00833. The van der Waals surface area contributed by atoms with Gasteiger partial charge in [0.2, 0.25) is 0 Å². The van der Waals surface area contributed by atoms with Crippen molar-refractivity contribution in [3.8, 4) is 0 Å². The molecule has 2 aromatic heterocycles. The number of hydrogen-bond donors (Lipinski definition) is 1. The molecule has 0 spiro atoms. The predicted molar refractivity (Wildman–Crippen MR) is 31.7 cm³/mol. The van der Waals surface area contributed by atoms with Crippen LogP contribution in [0.25, 0.3) is 11.2 Å². The van der Waals surface area contributed by atoms with Crippen LogP contribution in [0.5, 0.6) is 0 Å². The molecule has 0 bridgehead atoms. The molecule has 2 aromatic rings. The standard InChI is InChI=1S/C5H4N4/c1-4-5(8-2-6-1)9-3-7-4/h1-3H,(H,6,7,8,9)/i1D,3D. The molecule has 9 heavy (non-hydrogen) atoms. The maximum atomic E-state index is 7.27. The quantitative estimate of drug-likeness (QED) is 0.548. The van der Waals surface area contributed by atoms with Crippen molar-refractivity contribution in [3.05, 3.63) is 18.8 Å². The summed E-state index contributed by atoms with van der Waals surface area (Å²) in [4.78, 5) is 13.7. The molecule has 2 rings (SSSR count). The fourth-order valence-electron chi connectivity index (χ4n) is 0.597. The highest BCUT2D eigenvalue weighted by Crippen LogP contribution is 1.99. The Morgan fingerprint density at radius 2 is 2.56 bits per heavy atom. The van der Waals surface area contributed by atoms with Gasteiger partial charge in [-0.05, 0) is 0 Å². The van der Waals surface area contributed by atoms with Crippen LogP contribution in [0, 0.1) is 0 Å². The van der Waals surface area contributed by atoms with E-state index in [0.29, 0.717) is 11.2 Å². The van der Waals surface area contributed by atoms with E-state index in [4.69, 9.17) is 2.74 Å². The van der Waals surface area contributed by atoms with Crippen LogP contribution in [0.4, 0.5) is 0 Å². The van der Waals surface area contributed by atoms with Crippen LogP contribution < -0.4 is 0 Å². The second-order valence-corrected chi connectivity index (χ2v) is 1.53. The van der Waals surface area contributed by atoms with Gasteiger partial charge in [0.15, 0.2) is 5.65 Å². The SMILES string of the molecule is [2H]c1nc2ncnc([2H])c2[nH]1. The van der Waals surface area contributed by atoms with Crippen LogP contribution in [-0.4, -0.2) is 19.9 Å². The Morgan fingerprint density at radius 1 is 1.56 bits per heavy atom. The summed E-state index contributed by atoms with van der Waals surface area (Å²) in [7, 11) is 0. The summed E-state index contributed by atoms with van der Waals surface area (Å²) >= 11 is 0. The molecule has 0 amide bonds. The summed E-state index contributed by atoms with van der Waals surface area (Å²) in [6, 6.07) is 0. The molecule has 0 unspecified atom stereocenters. The Balaban J connectivity index is 2.90. The molecular formula is C5H4N4. The van der Waals surface area contributed by atoms with Crippen molar-refractivity contribution in [2.24, 2.45) is 0 Å². The topological polar surface area (TPSA) is 54.5 Å². The zero-order chi connectivity index (χ0) is 7.84. The third-order valence-electron chi connectivity index (χ3n) is 0.980. The van der Waals surface area contributed by atoms with E-state index in [1.165, 1.54) is 6.33 Å². The first-order valence-corrected chi connectivity index (χ1v) is 2.41. The summed E-state index contributed by atoms with van der Waals surface area (Å²) in [6.45, 7) is 0. The van der Waals surface area contributed by atoms with E-state index in [1.54, 1.807) is 0 Å². The normalized spacial score (nSPS) is 13.3. The molecule has 0 atom stereocenters. The first-order chi connectivity index (χ1) is 5.27. The lowest BCUT2D eigenvalue weighted by atomic mass is 10.6. The van der Waals surface area contributed by atoms with Crippen molar-refractivity contribution in [1.29, 1.82) is 0 Å². The van der Waals surface area contributed by atoms with E-state index >= 15 is 0 Å². The van der Waals surface area contributed by atoms with Gasteiger partial charge in [0, 0.05) is 0 Å². The molecule has 0 saturated heterocycles. The van der Waals surface area contributed by atoms with Gasteiger partial charge in [0.1, 0.15) is 13.2 Å². The predicted octanol–water partition coefficient (Wildman–Crippen LogP) is 0.353. The number of hydrogen-bond acceptors (Lipinski definition) is 3. The van der Waals surface area contributed by atoms with Crippen LogP contribution >= 0.6 is 0 Å². The lowest BCUT2D eigenvalue weighted by Crippen LogP contribution is -1.76. The van der Waals surface area contributed by atoms with Gasteiger partial charge in [0.05, 0.1) is 13.8 Å². The van der Waals surface area contributed by atoms with Crippen molar-refractivity contribution in [2.75, 3.05) is 0 Å². The van der Waals surface area contributed by atoms with Gasteiger partial charge in [-0.25, -0.2) is 15.0 Å². The van der Waals surface area contributed by atoms with Gasteiger partial charge >= 0.3 is 0 Å². The molecule has 1 N–H and O–H groups in total. The number of rotatable bonds is 0. The largest absolute Gasteiger partial charge is 0.342 e. The molecular weight excluding hydrogens is 116 g/mol. The van der Waals surface area contributed by atoms with Crippen LogP contribution in [0.2, 0.25) is 0 Å². The number of nitrogens with one attached hydrogen (secondary N) is 1. The summed E-state index contributed by atoms with van der Waals surface area (Å²) in [5.74, 6) is 0. The van der Waals surface area contributed by atoms with Gasteiger partial charge < -0.3 is 4.98 Å². The number of imidazole rings is 1. The summed E-state index contributed by atoms with van der Waals surface area (Å²) in [6.07, 6.45) is 1.33. The molecule has 0 saturated carbocycles. The average molecular weight is 122 g/mol. The maximum Gasteiger partial charge on any atom is 0.180 e. The minimum absolute atomic E-state index is 0.00833. The second kappa shape index (κ2) is 1.51. The molecule has 4 heteroatoms. The molecule has 0 fully saturated rings. The van der Waals surface area contributed by atoms with Crippen LogP contribution in [0.3, 0.4) is 0 Å². The molecule has 4 nitrogen and oxygen atoms in total. The molecule has 0 aliphatic carbocycles. The number of aromatic amines is 1. The summed E-state index contributed by atoms with van der Waals surface area (Å²) in [5.41, 5.74) is 0.785. The Kier molecular flexibility index (Phi) is 0.489. The fourth-order valence-corrected chi connectivity index (χ4v) is 0.597. The number of fused-ring (bicyclic) bond motifs is 1. The Hall–Kier alpha value is -1.45. The number of aromatic nitrogens is 4. The van der Waals surface area contributed by atoms with Crippen LogP contribution in [0.15, 0.2) is 18.8 Å². The van der Waals surface area contributed by atoms with E-state index in [2.05, 4.69) is 19.9 Å². The lowest BCUT2D eigenvalue weighted by Gasteiger charge is -1.80. The Bertz CT molecular complexity index is 396. The van der Waals surface area contributed by atoms with E-state index in [-0.39, 0.29) is 12.5 Å². The summed E-state index contributed by atoms with van der Waals surface area (Å²) in [5, 5.41) is 0. The maximum absolute atomic E-state index is 7.27. The Labute approximate surface area is 53.8 Å². The average Bonchev–Trinajstić information content (AvgIpc) is 2.31. The Morgan fingerprint density at radius 3 is 3.44 bits per heavy atom. The smallest absolute Gasteiger partial charge is 0.180 e. The zero-order valence-electron chi connectivity index (χ0n) is 6.42. The molecule has 44 valence electrons. The van der Waals surface area contributed by atoms with Crippen molar-refractivity contribution in [1.82, 2.24) is 19.9 Å². The third-order valence-corrected chi connectivity index (χ3v) is 0.980. The van der Waals surface area contributed by atoms with E-state index in [9.17, 15) is 0 Å². The van der Waals surface area contributed by atoms with Crippen molar-refractivity contribution >= 4 is 11.2 Å². The van der Waals surface area contributed by atoms with Gasteiger partial charge in [-0.1, -0.05) is 0 Å². The molecule has 0 aliphatic rings. The molecule has 0 radical (unpaired) electrons. The van der Waals surface area contributed by atoms with E-state index < -0.39 is 0 Å². The number of H-pyrrole nitrogens is 1. The van der Waals surface area contributed by atoms with E-state index in [1.807, 2.05) is 0 Å².